The van der Waals surface area contributed by atoms with Gasteiger partial charge in [0, 0.05) is 37.7 Å². The molecule has 2 aromatic rings. The van der Waals surface area contributed by atoms with Crippen LogP contribution in [0.15, 0.2) is 24.3 Å². The molecule has 2 aliphatic rings. The number of para-hydroxylation sites is 1. The summed E-state index contributed by atoms with van der Waals surface area (Å²) in [6, 6.07) is 7.56. The van der Waals surface area contributed by atoms with Gasteiger partial charge in [0.25, 0.3) is 6.43 Å². The zero-order chi connectivity index (χ0) is 17.9. The van der Waals surface area contributed by atoms with Gasteiger partial charge in [-0.15, -0.1) is 0 Å². The molecule has 1 aromatic carbocycles. The number of fused-ring (bicyclic) bond motifs is 1. The molecule has 1 unspecified atom stereocenters. The minimum atomic E-state index is -2.67. The zero-order valence-corrected chi connectivity index (χ0v) is 14.7. The van der Waals surface area contributed by atoms with Crippen molar-refractivity contribution in [1.29, 1.82) is 0 Å². The lowest BCUT2D eigenvalue weighted by Crippen LogP contribution is -2.41. The summed E-state index contributed by atoms with van der Waals surface area (Å²) in [6.07, 6.45) is 0.448. The monoisotopic (exact) mass is 362 g/mol. The highest BCUT2D eigenvalue weighted by Crippen LogP contribution is 2.26. The number of nitrogens with one attached hydrogen (secondary N) is 1. The van der Waals surface area contributed by atoms with E-state index >= 15 is 0 Å². The number of halogens is 2. The third kappa shape index (κ3) is 3.94. The molecule has 3 heterocycles. The molecule has 1 aromatic heterocycles. The highest BCUT2D eigenvalue weighted by atomic mass is 19.3. The van der Waals surface area contributed by atoms with Gasteiger partial charge >= 0.3 is 0 Å². The molecule has 1 N–H and O–H groups in total. The Bertz CT molecular complexity index is 743. The Morgan fingerprint density at radius 2 is 1.96 bits per heavy atom. The van der Waals surface area contributed by atoms with Crippen LogP contribution in [0.1, 0.15) is 31.5 Å². The summed E-state index contributed by atoms with van der Waals surface area (Å²) >= 11 is 0. The normalized spacial score (nSPS) is 22.3. The molecule has 0 bridgehead atoms. The minimum Gasteiger partial charge on any atom is -0.381 e. The maximum atomic E-state index is 13.1. The first-order valence-electron chi connectivity index (χ1n) is 9.30. The second-order valence-electron chi connectivity index (χ2n) is 7.20. The van der Waals surface area contributed by atoms with E-state index in [1.165, 1.54) is 0 Å². The highest BCUT2D eigenvalue weighted by molar-refractivity contribution is 5.89. The predicted octanol–water partition coefficient (Wildman–Crippen LogP) is 3.48. The van der Waals surface area contributed by atoms with E-state index in [-0.39, 0.29) is 6.04 Å². The molecule has 0 radical (unpaired) electrons. The maximum Gasteiger partial charge on any atom is 0.297 e. The molecule has 0 amide bonds. The number of rotatable bonds is 5. The van der Waals surface area contributed by atoms with Crippen molar-refractivity contribution in [3.63, 3.8) is 0 Å². The number of ether oxygens (including phenoxy) is 1. The van der Waals surface area contributed by atoms with Crippen LogP contribution >= 0.6 is 0 Å². The Balaban J connectivity index is 1.43. The van der Waals surface area contributed by atoms with Gasteiger partial charge in [0.05, 0.1) is 12.1 Å². The van der Waals surface area contributed by atoms with Crippen molar-refractivity contribution < 1.29 is 13.5 Å². The topological polar surface area (TPSA) is 50.3 Å². The number of anilines is 1. The van der Waals surface area contributed by atoms with E-state index < -0.39 is 12.2 Å². The van der Waals surface area contributed by atoms with Gasteiger partial charge in [0.2, 0.25) is 0 Å². The number of benzene rings is 1. The lowest BCUT2D eigenvalue weighted by atomic mass is 10.0. The quantitative estimate of drug-likeness (QED) is 0.883. The molecule has 140 valence electrons. The Morgan fingerprint density at radius 1 is 1.15 bits per heavy atom. The van der Waals surface area contributed by atoms with E-state index in [0.717, 1.165) is 57.5 Å². The van der Waals surface area contributed by atoms with Crippen LogP contribution in [-0.2, 0) is 4.74 Å². The van der Waals surface area contributed by atoms with Crippen LogP contribution < -0.4 is 5.32 Å². The number of alkyl halides is 2. The number of hydrogen-bond acceptors (Lipinski definition) is 5. The van der Waals surface area contributed by atoms with Crippen molar-refractivity contribution in [2.45, 2.75) is 31.7 Å². The van der Waals surface area contributed by atoms with E-state index in [9.17, 15) is 8.78 Å². The fourth-order valence-electron chi connectivity index (χ4n) is 3.85. The van der Waals surface area contributed by atoms with Crippen molar-refractivity contribution in [2.75, 3.05) is 38.2 Å². The summed E-state index contributed by atoms with van der Waals surface area (Å²) in [5, 5.41) is 4.19. The van der Waals surface area contributed by atoms with Crippen LogP contribution in [0.2, 0.25) is 0 Å². The van der Waals surface area contributed by atoms with Gasteiger partial charge in [0.1, 0.15) is 5.82 Å². The van der Waals surface area contributed by atoms with Crippen molar-refractivity contribution in [1.82, 2.24) is 14.9 Å². The van der Waals surface area contributed by atoms with Crippen LogP contribution in [0.3, 0.4) is 0 Å². The van der Waals surface area contributed by atoms with E-state index in [2.05, 4.69) is 20.2 Å². The van der Waals surface area contributed by atoms with Gasteiger partial charge in [0.15, 0.2) is 5.82 Å². The first-order valence-corrected chi connectivity index (χ1v) is 9.30. The SMILES string of the molecule is FC(F)c1nc(NC2CCN(CC3CCOC3)CC2)c2ccccc2n1. The van der Waals surface area contributed by atoms with E-state index in [4.69, 9.17) is 4.74 Å². The Morgan fingerprint density at radius 3 is 2.69 bits per heavy atom. The number of nitrogens with zero attached hydrogens (tertiary/aromatic N) is 3. The van der Waals surface area contributed by atoms with Crippen LogP contribution in [0.4, 0.5) is 14.6 Å². The Kier molecular flexibility index (Phi) is 5.26. The van der Waals surface area contributed by atoms with Crippen LogP contribution in [0.5, 0.6) is 0 Å². The molecule has 1 atom stereocenters. The largest absolute Gasteiger partial charge is 0.381 e. The molecule has 2 fully saturated rings. The zero-order valence-electron chi connectivity index (χ0n) is 14.7. The lowest BCUT2D eigenvalue weighted by molar-refractivity contribution is 0.141. The number of likely N-dealkylation sites (tertiary alicyclic amines) is 1. The standard InChI is InChI=1S/C19H24F2N4O/c20-17(21)19-23-16-4-2-1-3-15(16)18(24-19)22-14-5-8-25(9-6-14)11-13-7-10-26-12-13/h1-4,13-14,17H,5-12H2,(H,22,23,24). The fraction of sp³-hybridized carbons (Fsp3) is 0.579. The Hall–Kier alpha value is -1.86. The number of hydrogen-bond donors (Lipinski definition) is 1. The molecular weight excluding hydrogens is 338 g/mol. The summed E-state index contributed by atoms with van der Waals surface area (Å²) in [5.41, 5.74) is 0.555. The molecule has 0 spiro atoms. The molecular formula is C19H24F2N4O. The molecule has 0 aliphatic carbocycles. The predicted molar refractivity (Wildman–Crippen MR) is 96.5 cm³/mol. The highest BCUT2D eigenvalue weighted by Gasteiger charge is 2.25. The van der Waals surface area contributed by atoms with Gasteiger partial charge in [-0.1, -0.05) is 12.1 Å². The number of aromatic nitrogens is 2. The molecule has 5 nitrogen and oxygen atoms in total. The third-order valence-corrected chi connectivity index (χ3v) is 5.28. The molecule has 26 heavy (non-hydrogen) atoms. The smallest absolute Gasteiger partial charge is 0.297 e. The molecule has 4 rings (SSSR count). The van der Waals surface area contributed by atoms with Crippen molar-refractivity contribution in [3.05, 3.63) is 30.1 Å². The molecule has 7 heteroatoms. The van der Waals surface area contributed by atoms with Gasteiger partial charge < -0.3 is 15.0 Å². The summed E-state index contributed by atoms with van der Waals surface area (Å²) < 4.78 is 31.7. The van der Waals surface area contributed by atoms with Gasteiger partial charge in [-0.3, -0.25) is 0 Å². The average Bonchev–Trinajstić information content (AvgIpc) is 3.16. The van der Waals surface area contributed by atoms with Gasteiger partial charge in [-0.05, 0) is 37.3 Å². The maximum absolute atomic E-state index is 13.1. The number of piperidine rings is 1. The Labute approximate surface area is 151 Å². The minimum absolute atomic E-state index is 0.245. The van der Waals surface area contributed by atoms with Gasteiger partial charge in [-0.2, -0.15) is 0 Å². The first kappa shape index (κ1) is 17.5. The second-order valence-corrected chi connectivity index (χ2v) is 7.20. The first-order chi connectivity index (χ1) is 12.7. The van der Waals surface area contributed by atoms with E-state index in [1.54, 1.807) is 12.1 Å². The van der Waals surface area contributed by atoms with Crippen molar-refractivity contribution >= 4 is 16.7 Å². The molecule has 0 saturated carbocycles. The summed E-state index contributed by atoms with van der Waals surface area (Å²) in [5.74, 6) is 0.761. The lowest BCUT2D eigenvalue weighted by Gasteiger charge is -2.34. The van der Waals surface area contributed by atoms with Crippen LogP contribution in [0.25, 0.3) is 10.9 Å². The average molecular weight is 362 g/mol. The fourth-order valence-corrected chi connectivity index (χ4v) is 3.85. The second kappa shape index (κ2) is 7.80. The van der Waals surface area contributed by atoms with Crippen LogP contribution in [0, 0.1) is 5.92 Å². The summed E-state index contributed by atoms with van der Waals surface area (Å²) in [6.45, 7) is 4.88. The van der Waals surface area contributed by atoms with Gasteiger partial charge in [-0.25, -0.2) is 18.7 Å². The third-order valence-electron chi connectivity index (χ3n) is 5.28. The van der Waals surface area contributed by atoms with E-state index in [1.807, 2.05) is 12.1 Å². The van der Waals surface area contributed by atoms with Crippen LogP contribution in [-0.4, -0.2) is 53.8 Å². The molecule has 2 aliphatic heterocycles. The summed E-state index contributed by atoms with van der Waals surface area (Å²) in [4.78, 5) is 10.6. The summed E-state index contributed by atoms with van der Waals surface area (Å²) in [7, 11) is 0. The van der Waals surface area contributed by atoms with Crippen molar-refractivity contribution in [2.24, 2.45) is 5.92 Å². The molecule has 2 saturated heterocycles. The van der Waals surface area contributed by atoms with Crippen molar-refractivity contribution in [3.8, 4) is 0 Å². The van der Waals surface area contributed by atoms with E-state index in [0.29, 0.717) is 17.3 Å².